The Labute approximate surface area is 116 Å². The predicted octanol–water partition coefficient (Wildman–Crippen LogP) is 4.06. The highest BCUT2D eigenvalue weighted by atomic mass is 16.5. The van der Waals surface area contributed by atoms with Gasteiger partial charge in [-0.3, -0.25) is 0 Å². The van der Waals surface area contributed by atoms with Crippen LogP contribution in [0.2, 0.25) is 0 Å². The van der Waals surface area contributed by atoms with Gasteiger partial charge in [-0.05, 0) is 42.4 Å². The van der Waals surface area contributed by atoms with E-state index in [2.05, 4.69) is 25.1 Å². The van der Waals surface area contributed by atoms with Gasteiger partial charge in [0.25, 0.3) is 0 Å². The predicted molar refractivity (Wildman–Crippen MR) is 78.8 cm³/mol. The van der Waals surface area contributed by atoms with Crippen LogP contribution in [0.5, 0.6) is 5.75 Å². The van der Waals surface area contributed by atoms with E-state index in [1.165, 1.54) is 49.7 Å². The van der Waals surface area contributed by atoms with Crippen molar-refractivity contribution in [1.29, 1.82) is 0 Å². The van der Waals surface area contributed by atoms with Gasteiger partial charge in [-0.15, -0.1) is 0 Å². The summed E-state index contributed by atoms with van der Waals surface area (Å²) in [5, 5.41) is 8.86. The van der Waals surface area contributed by atoms with Crippen LogP contribution >= 0.6 is 0 Å². The Bertz CT molecular complexity index is 379. The molecule has 1 saturated carbocycles. The van der Waals surface area contributed by atoms with Gasteiger partial charge >= 0.3 is 0 Å². The molecule has 0 aromatic heterocycles. The van der Waals surface area contributed by atoms with Gasteiger partial charge in [-0.25, -0.2) is 0 Å². The number of hydrogen-bond acceptors (Lipinski definition) is 2. The van der Waals surface area contributed by atoms with Gasteiger partial charge in [0.15, 0.2) is 0 Å². The molecule has 2 nitrogen and oxygen atoms in total. The summed E-state index contributed by atoms with van der Waals surface area (Å²) >= 11 is 0. The first-order valence-corrected chi connectivity index (χ1v) is 7.71. The maximum atomic E-state index is 8.86. The van der Waals surface area contributed by atoms with E-state index in [-0.39, 0.29) is 6.61 Å². The van der Waals surface area contributed by atoms with Gasteiger partial charge in [-0.1, -0.05) is 44.7 Å². The van der Waals surface area contributed by atoms with Crippen molar-refractivity contribution in [1.82, 2.24) is 0 Å². The van der Waals surface area contributed by atoms with E-state index in [1.807, 2.05) is 0 Å². The number of ether oxygens (including phenoxy) is 1. The standard InChI is InChI=1S/C17H26O2/c1-2-14-13-16(9-10-17(14)19-12-11-18)15-7-5-3-4-6-8-15/h9-10,13,15,18H,2-8,11-12H2,1H3. The molecule has 0 amide bonds. The van der Waals surface area contributed by atoms with Gasteiger partial charge in [0.2, 0.25) is 0 Å². The van der Waals surface area contributed by atoms with Crippen molar-refractivity contribution in [3.8, 4) is 5.75 Å². The first kappa shape index (κ1) is 14.4. The number of aliphatic hydroxyl groups is 1. The summed E-state index contributed by atoms with van der Waals surface area (Å²) in [4.78, 5) is 0. The van der Waals surface area contributed by atoms with Crippen molar-refractivity contribution < 1.29 is 9.84 Å². The molecule has 1 aromatic rings. The molecular formula is C17H26O2. The summed E-state index contributed by atoms with van der Waals surface area (Å²) in [7, 11) is 0. The first-order chi connectivity index (χ1) is 9.35. The minimum absolute atomic E-state index is 0.0769. The van der Waals surface area contributed by atoms with E-state index >= 15 is 0 Å². The number of benzene rings is 1. The second-order valence-electron chi connectivity index (χ2n) is 5.48. The van der Waals surface area contributed by atoms with Crippen LogP contribution in [-0.4, -0.2) is 18.3 Å². The fourth-order valence-corrected chi connectivity index (χ4v) is 3.04. The number of rotatable bonds is 5. The second-order valence-corrected chi connectivity index (χ2v) is 5.48. The van der Waals surface area contributed by atoms with Gasteiger partial charge in [0.05, 0.1) is 6.61 Å². The Morgan fingerprint density at radius 1 is 1.16 bits per heavy atom. The van der Waals surface area contributed by atoms with Crippen LogP contribution in [0, 0.1) is 0 Å². The molecule has 1 aromatic carbocycles. The normalized spacial score (nSPS) is 17.2. The van der Waals surface area contributed by atoms with Crippen LogP contribution in [-0.2, 0) is 6.42 Å². The quantitative estimate of drug-likeness (QED) is 0.811. The van der Waals surface area contributed by atoms with Crippen LogP contribution in [0.3, 0.4) is 0 Å². The fourth-order valence-electron chi connectivity index (χ4n) is 3.04. The molecule has 0 radical (unpaired) electrons. The summed E-state index contributed by atoms with van der Waals surface area (Å²) in [5.74, 6) is 1.67. The molecule has 1 aliphatic rings. The summed E-state index contributed by atoms with van der Waals surface area (Å²) < 4.78 is 5.59. The summed E-state index contributed by atoms with van der Waals surface area (Å²) in [6.45, 7) is 2.63. The lowest BCUT2D eigenvalue weighted by Gasteiger charge is -2.17. The molecule has 106 valence electrons. The highest BCUT2D eigenvalue weighted by molar-refractivity contribution is 5.38. The minimum atomic E-state index is 0.0769. The molecule has 1 aliphatic carbocycles. The maximum absolute atomic E-state index is 8.86. The van der Waals surface area contributed by atoms with Crippen LogP contribution in [0.15, 0.2) is 18.2 Å². The molecule has 0 aliphatic heterocycles. The van der Waals surface area contributed by atoms with E-state index in [4.69, 9.17) is 9.84 Å². The van der Waals surface area contributed by atoms with Crippen LogP contribution < -0.4 is 4.74 Å². The van der Waals surface area contributed by atoms with E-state index in [0.717, 1.165) is 18.1 Å². The average Bonchev–Trinajstić information content (AvgIpc) is 2.74. The lowest BCUT2D eigenvalue weighted by Crippen LogP contribution is -2.05. The Balaban J connectivity index is 2.12. The van der Waals surface area contributed by atoms with E-state index in [9.17, 15) is 0 Å². The van der Waals surface area contributed by atoms with Crippen LogP contribution in [0.25, 0.3) is 0 Å². The van der Waals surface area contributed by atoms with Gasteiger partial charge in [0, 0.05) is 0 Å². The molecule has 0 bridgehead atoms. The molecule has 0 unspecified atom stereocenters. The van der Waals surface area contributed by atoms with E-state index in [1.54, 1.807) is 0 Å². The maximum Gasteiger partial charge on any atom is 0.122 e. The zero-order valence-electron chi connectivity index (χ0n) is 12.0. The summed E-state index contributed by atoms with van der Waals surface area (Å²) in [6.07, 6.45) is 9.19. The van der Waals surface area contributed by atoms with Crippen molar-refractivity contribution in [2.45, 2.75) is 57.8 Å². The molecule has 0 atom stereocenters. The zero-order valence-corrected chi connectivity index (χ0v) is 12.0. The van der Waals surface area contributed by atoms with Crippen molar-refractivity contribution >= 4 is 0 Å². The molecule has 19 heavy (non-hydrogen) atoms. The van der Waals surface area contributed by atoms with Crippen LogP contribution in [0.1, 0.15) is 62.5 Å². The third kappa shape index (κ3) is 3.97. The van der Waals surface area contributed by atoms with Crippen molar-refractivity contribution in [3.05, 3.63) is 29.3 Å². The molecule has 1 fully saturated rings. The lowest BCUT2D eigenvalue weighted by atomic mass is 9.90. The Kier molecular flexibility index (Phi) is 5.71. The molecule has 2 rings (SSSR count). The third-order valence-electron chi connectivity index (χ3n) is 4.14. The monoisotopic (exact) mass is 262 g/mol. The molecular weight excluding hydrogens is 236 g/mol. The highest BCUT2D eigenvalue weighted by Gasteiger charge is 2.15. The number of aliphatic hydroxyl groups excluding tert-OH is 1. The van der Waals surface area contributed by atoms with Crippen molar-refractivity contribution in [2.75, 3.05) is 13.2 Å². The Morgan fingerprint density at radius 2 is 1.89 bits per heavy atom. The average molecular weight is 262 g/mol. The topological polar surface area (TPSA) is 29.5 Å². The fraction of sp³-hybridized carbons (Fsp3) is 0.647. The van der Waals surface area contributed by atoms with E-state index in [0.29, 0.717) is 6.61 Å². The van der Waals surface area contributed by atoms with Crippen molar-refractivity contribution in [2.24, 2.45) is 0 Å². The molecule has 0 heterocycles. The summed E-state index contributed by atoms with van der Waals surface area (Å²) in [6, 6.07) is 6.64. The molecule has 2 heteroatoms. The minimum Gasteiger partial charge on any atom is -0.491 e. The number of aryl methyl sites for hydroxylation is 1. The van der Waals surface area contributed by atoms with Crippen LogP contribution in [0.4, 0.5) is 0 Å². The zero-order chi connectivity index (χ0) is 13.5. The number of hydrogen-bond donors (Lipinski definition) is 1. The van der Waals surface area contributed by atoms with E-state index < -0.39 is 0 Å². The SMILES string of the molecule is CCc1cc(C2CCCCCC2)ccc1OCCO. The summed E-state index contributed by atoms with van der Waals surface area (Å²) in [5.41, 5.74) is 2.75. The first-order valence-electron chi connectivity index (χ1n) is 7.71. The van der Waals surface area contributed by atoms with Gasteiger partial charge in [0.1, 0.15) is 12.4 Å². The Morgan fingerprint density at radius 3 is 2.53 bits per heavy atom. The highest BCUT2D eigenvalue weighted by Crippen LogP contribution is 2.33. The Hall–Kier alpha value is -1.02. The van der Waals surface area contributed by atoms with Crippen molar-refractivity contribution in [3.63, 3.8) is 0 Å². The molecule has 0 spiro atoms. The smallest absolute Gasteiger partial charge is 0.122 e. The van der Waals surface area contributed by atoms with Gasteiger partial charge in [-0.2, -0.15) is 0 Å². The lowest BCUT2D eigenvalue weighted by molar-refractivity contribution is 0.200. The third-order valence-corrected chi connectivity index (χ3v) is 4.14. The van der Waals surface area contributed by atoms with Gasteiger partial charge < -0.3 is 9.84 Å². The molecule has 1 N–H and O–H groups in total. The second kappa shape index (κ2) is 7.54. The molecule has 0 saturated heterocycles. The largest absolute Gasteiger partial charge is 0.491 e.